The molecule has 1 aromatic carbocycles. The molecule has 2 rings (SSSR count). The summed E-state index contributed by atoms with van der Waals surface area (Å²) in [5, 5.41) is 6.00. The van der Waals surface area contributed by atoms with Gasteiger partial charge in [-0.25, -0.2) is 4.79 Å². The quantitative estimate of drug-likeness (QED) is 0.557. The molecule has 1 aromatic heterocycles. The summed E-state index contributed by atoms with van der Waals surface area (Å²) < 4.78 is 20.0. The molecule has 0 bridgehead atoms. The Hall–Kier alpha value is -3.36. The summed E-state index contributed by atoms with van der Waals surface area (Å²) in [4.78, 5) is 34.7. The van der Waals surface area contributed by atoms with Crippen molar-refractivity contribution in [2.24, 2.45) is 0 Å². The standard InChI is InChI=1S/C17H18N2O7/c1-10-6-15(19-26-10)18-16(21)8-25-17(22)9-24-13-5-4-12(11(2)20)7-14(13)23-3/h4-7H,8-9H2,1-3H3,(H,18,19,21). The van der Waals surface area contributed by atoms with E-state index in [-0.39, 0.29) is 17.4 Å². The van der Waals surface area contributed by atoms with Crippen LogP contribution in [0.15, 0.2) is 28.8 Å². The molecule has 0 aliphatic rings. The fourth-order valence-electron chi connectivity index (χ4n) is 1.93. The summed E-state index contributed by atoms with van der Waals surface area (Å²) in [6.07, 6.45) is 0. The van der Waals surface area contributed by atoms with Crippen LogP contribution in [0.4, 0.5) is 5.82 Å². The van der Waals surface area contributed by atoms with Crippen LogP contribution in [0.1, 0.15) is 23.0 Å². The monoisotopic (exact) mass is 362 g/mol. The molecular weight excluding hydrogens is 344 g/mol. The Bertz CT molecular complexity index is 813. The Kier molecular flexibility index (Phi) is 6.31. The summed E-state index contributed by atoms with van der Waals surface area (Å²) >= 11 is 0. The van der Waals surface area contributed by atoms with Gasteiger partial charge in [-0.3, -0.25) is 9.59 Å². The summed E-state index contributed by atoms with van der Waals surface area (Å²) in [7, 11) is 1.42. The van der Waals surface area contributed by atoms with Gasteiger partial charge in [-0.1, -0.05) is 5.16 Å². The van der Waals surface area contributed by atoms with E-state index in [1.165, 1.54) is 32.2 Å². The summed E-state index contributed by atoms with van der Waals surface area (Å²) in [5.74, 6) is -0.0704. The maximum Gasteiger partial charge on any atom is 0.344 e. The number of nitrogens with one attached hydrogen (secondary N) is 1. The molecule has 1 N–H and O–H groups in total. The molecule has 0 spiro atoms. The Labute approximate surface area is 149 Å². The van der Waals surface area contributed by atoms with Crippen LogP contribution in [-0.2, 0) is 14.3 Å². The number of esters is 1. The molecule has 0 aliphatic carbocycles. The highest BCUT2D eigenvalue weighted by Gasteiger charge is 2.13. The number of aryl methyl sites for hydroxylation is 1. The molecule has 9 heteroatoms. The first kappa shape index (κ1) is 19.0. The molecule has 0 atom stereocenters. The molecule has 0 radical (unpaired) electrons. The molecule has 0 fully saturated rings. The van der Waals surface area contributed by atoms with Gasteiger partial charge in [0.1, 0.15) is 5.76 Å². The molecule has 0 aliphatic heterocycles. The second-order valence-electron chi connectivity index (χ2n) is 5.24. The van der Waals surface area contributed by atoms with E-state index in [9.17, 15) is 14.4 Å². The topological polar surface area (TPSA) is 117 Å². The lowest BCUT2D eigenvalue weighted by Crippen LogP contribution is -2.23. The second kappa shape index (κ2) is 8.65. The summed E-state index contributed by atoms with van der Waals surface area (Å²) in [5.41, 5.74) is 0.455. The van der Waals surface area contributed by atoms with Crippen LogP contribution in [0, 0.1) is 6.92 Å². The van der Waals surface area contributed by atoms with E-state index >= 15 is 0 Å². The highest BCUT2D eigenvalue weighted by atomic mass is 16.6. The minimum atomic E-state index is -0.741. The number of carbonyl (C=O) groups is 3. The number of carbonyl (C=O) groups excluding carboxylic acids is 3. The van der Waals surface area contributed by atoms with Gasteiger partial charge in [-0.05, 0) is 32.0 Å². The van der Waals surface area contributed by atoms with E-state index in [0.29, 0.717) is 17.1 Å². The highest BCUT2D eigenvalue weighted by molar-refractivity contribution is 5.94. The van der Waals surface area contributed by atoms with E-state index in [1.54, 1.807) is 13.0 Å². The minimum Gasteiger partial charge on any atom is -0.493 e. The number of ketones is 1. The molecular formula is C17H18N2O7. The van der Waals surface area contributed by atoms with Crippen LogP contribution in [0.5, 0.6) is 11.5 Å². The maximum absolute atomic E-state index is 11.7. The number of methoxy groups -OCH3 is 1. The normalized spacial score (nSPS) is 10.1. The molecule has 2 aromatic rings. The average molecular weight is 362 g/mol. The smallest absolute Gasteiger partial charge is 0.344 e. The van der Waals surface area contributed by atoms with Gasteiger partial charge in [-0.2, -0.15) is 0 Å². The average Bonchev–Trinajstić information content (AvgIpc) is 3.02. The van der Waals surface area contributed by atoms with Crippen LogP contribution in [-0.4, -0.2) is 43.1 Å². The lowest BCUT2D eigenvalue weighted by molar-refractivity contribution is -0.149. The van der Waals surface area contributed by atoms with Gasteiger partial charge in [-0.15, -0.1) is 0 Å². The number of hydrogen-bond donors (Lipinski definition) is 1. The van der Waals surface area contributed by atoms with Crippen LogP contribution < -0.4 is 14.8 Å². The maximum atomic E-state index is 11.7. The van der Waals surface area contributed by atoms with E-state index < -0.39 is 25.1 Å². The molecule has 138 valence electrons. The fraction of sp³-hybridized carbons (Fsp3) is 0.294. The van der Waals surface area contributed by atoms with E-state index in [2.05, 4.69) is 10.5 Å². The molecule has 26 heavy (non-hydrogen) atoms. The predicted octanol–water partition coefficient (Wildman–Crippen LogP) is 1.75. The second-order valence-corrected chi connectivity index (χ2v) is 5.24. The van der Waals surface area contributed by atoms with Crippen molar-refractivity contribution in [1.29, 1.82) is 0 Å². The van der Waals surface area contributed by atoms with Crippen molar-refractivity contribution in [2.45, 2.75) is 13.8 Å². The number of Topliss-reactive ketones (excluding diaryl/α,β-unsaturated/α-hetero) is 1. The van der Waals surface area contributed by atoms with Crippen LogP contribution in [0.3, 0.4) is 0 Å². The minimum absolute atomic E-state index is 0.123. The van der Waals surface area contributed by atoms with Crippen molar-refractivity contribution in [3.8, 4) is 11.5 Å². The predicted molar refractivity (Wildman–Crippen MR) is 89.3 cm³/mol. The Morgan fingerprint density at radius 2 is 1.92 bits per heavy atom. The number of rotatable bonds is 8. The van der Waals surface area contributed by atoms with Gasteiger partial charge in [0.25, 0.3) is 5.91 Å². The zero-order valence-corrected chi connectivity index (χ0v) is 14.5. The lowest BCUT2D eigenvalue weighted by atomic mass is 10.1. The molecule has 0 unspecified atom stereocenters. The van der Waals surface area contributed by atoms with Gasteiger partial charge in [0.15, 0.2) is 36.3 Å². The van der Waals surface area contributed by atoms with Crippen molar-refractivity contribution in [2.75, 3.05) is 25.6 Å². The van der Waals surface area contributed by atoms with Crippen molar-refractivity contribution >= 4 is 23.5 Å². The summed E-state index contributed by atoms with van der Waals surface area (Å²) in [6, 6.07) is 6.11. The Morgan fingerprint density at radius 3 is 2.54 bits per heavy atom. The highest BCUT2D eigenvalue weighted by Crippen LogP contribution is 2.28. The number of ether oxygens (including phenoxy) is 3. The lowest BCUT2D eigenvalue weighted by Gasteiger charge is -2.11. The van der Waals surface area contributed by atoms with Gasteiger partial charge >= 0.3 is 5.97 Å². The third-order valence-corrected chi connectivity index (χ3v) is 3.18. The number of benzene rings is 1. The van der Waals surface area contributed by atoms with Gasteiger partial charge in [0, 0.05) is 11.6 Å². The SMILES string of the molecule is COc1cc(C(C)=O)ccc1OCC(=O)OCC(=O)Nc1cc(C)on1. The third-order valence-electron chi connectivity index (χ3n) is 3.18. The summed E-state index contributed by atoms with van der Waals surface area (Å²) in [6.45, 7) is 2.19. The van der Waals surface area contributed by atoms with Crippen molar-refractivity contribution in [3.63, 3.8) is 0 Å². The number of amides is 1. The molecule has 1 heterocycles. The Morgan fingerprint density at radius 1 is 1.15 bits per heavy atom. The van der Waals surface area contributed by atoms with Crippen LogP contribution >= 0.6 is 0 Å². The van der Waals surface area contributed by atoms with Crippen molar-refractivity contribution in [1.82, 2.24) is 5.16 Å². The first-order valence-corrected chi connectivity index (χ1v) is 7.59. The first-order valence-electron chi connectivity index (χ1n) is 7.59. The number of hydrogen-bond acceptors (Lipinski definition) is 8. The van der Waals surface area contributed by atoms with E-state index in [1.807, 2.05) is 0 Å². The zero-order chi connectivity index (χ0) is 19.1. The fourth-order valence-corrected chi connectivity index (χ4v) is 1.93. The molecule has 0 saturated carbocycles. The van der Waals surface area contributed by atoms with Crippen molar-refractivity contribution in [3.05, 3.63) is 35.6 Å². The van der Waals surface area contributed by atoms with Gasteiger partial charge in [0.2, 0.25) is 0 Å². The number of nitrogens with zero attached hydrogens (tertiary/aromatic N) is 1. The largest absolute Gasteiger partial charge is 0.493 e. The zero-order valence-electron chi connectivity index (χ0n) is 14.5. The van der Waals surface area contributed by atoms with E-state index in [0.717, 1.165) is 0 Å². The molecule has 1 amide bonds. The van der Waals surface area contributed by atoms with Gasteiger partial charge < -0.3 is 24.1 Å². The van der Waals surface area contributed by atoms with Crippen LogP contribution in [0.25, 0.3) is 0 Å². The number of aromatic nitrogens is 1. The van der Waals surface area contributed by atoms with E-state index in [4.69, 9.17) is 18.7 Å². The van der Waals surface area contributed by atoms with Gasteiger partial charge in [0.05, 0.1) is 7.11 Å². The molecule has 0 saturated heterocycles. The van der Waals surface area contributed by atoms with Crippen molar-refractivity contribution < 1.29 is 33.1 Å². The number of anilines is 1. The molecule has 9 nitrogen and oxygen atoms in total. The first-order chi connectivity index (χ1) is 12.4. The third kappa shape index (κ3) is 5.33. The van der Waals surface area contributed by atoms with Crippen LogP contribution in [0.2, 0.25) is 0 Å². The Balaban J connectivity index is 1.81.